The Labute approximate surface area is 194 Å². The van der Waals surface area contributed by atoms with Crippen LogP contribution in [0.25, 0.3) is 0 Å². The first kappa shape index (κ1) is 24.1. The molecule has 172 valence electrons. The average Bonchev–Trinajstić information content (AvgIpc) is 2.80. The van der Waals surface area contributed by atoms with Gasteiger partial charge in [-0.15, -0.1) is 6.58 Å². The number of unbranched alkanes of at least 4 members (excludes halogenated alkanes) is 2. The number of hydrogen-bond acceptors (Lipinski definition) is 4. The van der Waals surface area contributed by atoms with Gasteiger partial charge in [0.2, 0.25) is 0 Å². The van der Waals surface area contributed by atoms with E-state index in [0.717, 1.165) is 55.7 Å². The number of carbonyl (C=O) groups excluding carboxylic acids is 1. The fourth-order valence-electron chi connectivity index (χ4n) is 4.54. The van der Waals surface area contributed by atoms with E-state index >= 15 is 0 Å². The van der Waals surface area contributed by atoms with E-state index in [1.54, 1.807) is 0 Å². The summed E-state index contributed by atoms with van der Waals surface area (Å²) in [6.07, 6.45) is 6.87. The molecule has 4 heteroatoms. The van der Waals surface area contributed by atoms with Crippen LogP contribution in [0.5, 0.6) is 0 Å². The van der Waals surface area contributed by atoms with Gasteiger partial charge in [-0.1, -0.05) is 51.0 Å². The van der Waals surface area contributed by atoms with Crippen molar-refractivity contribution in [2.45, 2.75) is 58.4 Å². The number of Topliss-reactive ketones (excluding diaryl/α,β-unsaturated/α-hetero) is 1. The summed E-state index contributed by atoms with van der Waals surface area (Å²) in [6.45, 7) is 12.2. The molecule has 1 unspecified atom stereocenters. The second kappa shape index (κ2) is 10.4. The molecule has 2 aromatic carbocycles. The van der Waals surface area contributed by atoms with Crippen molar-refractivity contribution in [3.63, 3.8) is 0 Å². The maximum absolute atomic E-state index is 14.1. The van der Waals surface area contributed by atoms with Gasteiger partial charge in [0.05, 0.1) is 28.3 Å². The third-order valence-electron chi connectivity index (χ3n) is 6.77. The highest BCUT2D eigenvalue weighted by molar-refractivity contribution is 6.12. The number of fused-ring (bicyclic) bond motifs is 2. The van der Waals surface area contributed by atoms with Crippen LogP contribution in [-0.4, -0.2) is 43.4 Å². The number of rotatable bonds is 11. The van der Waals surface area contributed by atoms with Crippen molar-refractivity contribution < 1.29 is 4.79 Å². The van der Waals surface area contributed by atoms with Crippen molar-refractivity contribution in [2.24, 2.45) is 0 Å². The van der Waals surface area contributed by atoms with Gasteiger partial charge in [-0.25, -0.2) is 0 Å². The molecule has 1 heterocycles. The molecule has 32 heavy (non-hydrogen) atoms. The number of likely N-dealkylation sites (N-methyl/N-ethyl adjacent to an activating group) is 1. The lowest BCUT2D eigenvalue weighted by Gasteiger charge is -2.42. The second-order valence-electron chi connectivity index (χ2n) is 9.16. The van der Waals surface area contributed by atoms with E-state index in [0.29, 0.717) is 6.42 Å². The lowest BCUT2D eigenvalue weighted by Crippen LogP contribution is -2.48. The average molecular weight is 434 g/mol. The molecule has 0 N–H and O–H groups in total. The zero-order valence-electron chi connectivity index (χ0n) is 20.5. The Bertz CT molecular complexity index is 951. The van der Waals surface area contributed by atoms with Crippen LogP contribution >= 0.6 is 0 Å². The number of benzene rings is 2. The Morgan fingerprint density at radius 3 is 2.06 bits per heavy atom. The standard InChI is InChI=1S/C28H39N3O/c1-7-10-20-30-23-16-12-13-17-24(23)31(21-11-8-2)26-22(15-14-18-25(26)30)27(32)28(4,19-9-3)29(5)6/h9,12-18H,3,7-8,10-11,19-21H2,1-2,4-6H3. The molecule has 0 radical (unpaired) electrons. The van der Waals surface area contributed by atoms with Gasteiger partial charge in [0, 0.05) is 18.7 Å². The smallest absolute Gasteiger partial charge is 0.185 e. The topological polar surface area (TPSA) is 26.8 Å². The van der Waals surface area contributed by atoms with Crippen molar-refractivity contribution in [3.8, 4) is 0 Å². The second-order valence-corrected chi connectivity index (χ2v) is 9.16. The Morgan fingerprint density at radius 2 is 1.50 bits per heavy atom. The largest absolute Gasteiger partial charge is 0.338 e. The zero-order valence-corrected chi connectivity index (χ0v) is 20.5. The minimum Gasteiger partial charge on any atom is -0.338 e. The number of hydrogen-bond donors (Lipinski definition) is 0. The normalized spacial score (nSPS) is 14.7. The van der Waals surface area contributed by atoms with Crippen LogP contribution in [0.2, 0.25) is 0 Å². The van der Waals surface area contributed by atoms with Crippen LogP contribution in [0.1, 0.15) is 63.2 Å². The van der Waals surface area contributed by atoms with Crippen molar-refractivity contribution in [3.05, 3.63) is 60.7 Å². The van der Waals surface area contributed by atoms with Crippen molar-refractivity contribution in [1.29, 1.82) is 0 Å². The van der Waals surface area contributed by atoms with E-state index in [2.05, 4.69) is 60.6 Å². The molecule has 0 saturated heterocycles. The molecule has 0 fully saturated rings. The molecule has 1 aliphatic rings. The van der Waals surface area contributed by atoms with Gasteiger partial charge in [0.25, 0.3) is 0 Å². The molecule has 0 saturated carbocycles. The van der Waals surface area contributed by atoms with Crippen LogP contribution in [-0.2, 0) is 0 Å². The minimum atomic E-state index is -0.640. The van der Waals surface area contributed by atoms with E-state index in [1.807, 2.05) is 44.1 Å². The van der Waals surface area contributed by atoms with E-state index in [1.165, 1.54) is 11.4 Å². The summed E-state index contributed by atoms with van der Waals surface area (Å²) in [7, 11) is 3.96. The Hall–Kier alpha value is -2.59. The number of anilines is 4. The lowest BCUT2D eigenvalue weighted by molar-refractivity contribution is 0.0725. The summed E-state index contributed by atoms with van der Waals surface area (Å²) < 4.78 is 0. The molecular weight excluding hydrogens is 394 g/mol. The molecule has 0 aromatic heterocycles. The molecule has 3 rings (SSSR count). The molecule has 0 spiro atoms. The molecule has 1 atom stereocenters. The fourth-order valence-corrected chi connectivity index (χ4v) is 4.54. The third kappa shape index (κ3) is 4.33. The zero-order chi connectivity index (χ0) is 23.3. The number of nitrogens with zero attached hydrogens (tertiary/aromatic N) is 3. The number of ketones is 1. The predicted octanol–water partition coefficient (Wildman–Crippen LogP) is 6.96. The Kier molecular flexibility index (Phi) is 7.78. The van der Waals surface area contributed by atoms with E-state index in [4.69, 9.17) is 0 Å². The first-order chi connectivity index (χ1) is 15.4. The Morgan fingerprint density at radius 1 is 0.938 bits per heavy atom. The van der Waals surface area contributed by atoms with Gasteiger partial charge < -0.3 is 9.80 Å². The summed E-state index contributed by atoms with van der Waals surface area (Å²) in [5.74, 6) is 0.149. The number of carbonyl (C=O) groups is 1. The van der Waals surface area contributed by atoms with Crippen molar-refractivity contribution >= 4 is 28.5 Å². The van der Waals surface area contributed by atoms with Crippen LogP contribution in [0.15, 0.2) is 55.1 Å². The highest BCUT2D eigenvalue weighted by atomic mass is 16.1. The molecule has 1 aliphatic heterocycles. The first-order valence-corrected chi connectivity index (χ1v) is 12.0. The quantitative estimate of drug-likeness (QED) is 0.283. The molecular formula is C28H39N3O. The summed E-state index contributed by atoms with van der Waals surface area (Å²) in [6, 6.07) is 14.9. The van der Waals surface area contributed by atoms with Crippen LogP contribution < -0.4 is 9.80 Å². The number of para-hydroxylation sites is 3. The molecule has 0 aliphatic carbocycles. The summed E-state index contributed by atoms with van der Waals surface area (Å²) >= 11 is 0. The van der Waals surface area contributed by atoms with Gasteiger partial charge in [-0.05, 0) is 64.5 Å². The van der Waals surface area contributed by atoms with Crippen molar-refractivity contribution in [1.82, 2.24) is 4.90 Å². The fraction of sp³-hybridized carbons (Fsp3) is 0.464. The highest BCUT2D eigenvalue weighted by Gasteiger charge is 2.39. The Balaban J connectivity index is 2.23. The maximum atomic E-state index is 14.1. The van der Waals surface area contributed by atoms with Crippen LogP contribution in [0.3, 0.4) is 0 Å². The minimum absolute atomic E-state index is 0.149. The SMILES string of the molecule is C=CCC(C)(C(=O)c1cccc2c1N(CCCC)c1ccccc1N2CCCC)N(C)C. The third-order valence-corrected chi connectivity index (χ3v) is 6.77. The van der Waals surface area contributed by atoms with Gasteiger partial charge >= 0.3 is 0 Å². The predicted molar refractivity (Wildman–Crippen MR) is 138 cm³/mol. The maximum Gasteiger partial charge on any atom is 0.185 e. The molecule has 0 amide bonds. The first-order valence-electron chi connectivity index (χ1n) is 12.0. The van der Waals surface area contributed by atoms with Gasteiger partial charge in [0.1, 0.15) is 0 Å². The van der Waals surface area contributed by atoms with E-state index in [-0.39, 0.29) is 5.78 Å². The summed E-state index contributed by atoms with van der Waals surface area (Å²) in [5.41, 5.74) is 4.78. The van der Waals surface area contributed by atoms with E-state index < -0.39 is 5.54 Å². The summed E-state index contributed by atoms with van der Waals surface area (Å²) in [5, 5.41) is 0. The van der Waals surface area contributed by atoms with Crippen LogP contribution in [0.4, 0.5) is 22.7 Å². The van der Waals surface area contributed by atoms with Gasteiger partial charge in [0.15, 0.2) is 5.78 Å². The van der Waals surface area contributed by atoms with Crippen molar-refractivity contribution in [2.75, 3.05) is 37.0 Å². The summed E-state index contributed by atoms with van der Waals surface area (Å²) in [4.78, 5) is 20.9. The highest BCUT2D eigenvalue weighted by Crippen LogP contribution is 2.50. The lowest BCUT2D eigenvalue weighted by atomic mass is 9.85. The van der Waals surface area contributed by atoms with Gasteiger partial charge in [-0.2, -0.15) is 0 Å². The van der Waals surface area contributed by atoms with E-state index in [9.17, 15) is 4.79 Å². The molecule has 4 nitrogen and oxygen atoms in total. The van der Waals surface area contributed by atoms with Crippen LogP contribution in [0, 0.1) is 0 Å². The monoisotopic (exact) mass is 433 g/mol. The van der Waals surface area contributed by atoms with Gasteiger partial charge in [-0.3, -0.25) is 9.69 Å². The molecule has 0 bridgehead atoms. The molecule has 2 aromatic rings.